The van der Waals surface area contributed by atoms with Crippen LogP contribution in [0.1, 0.15) is 16.2 Å². The van der Waals surface area contributed by atoms with Gasteiger partial charge in [-0.25, -0.2) is 9.78 Å². The van der Waals surface area contributed by atoms with Crippen molar-refractivity contribution in [2.24, 2.45) is 0 Å². The van der Waals surface area contributed by atoms with Crippen LogP contribution < -0.4 is 0 Å². The standard InChI is InChI=1S/C7H3F5N2O2/c8-6(9,7(10,11)12)4-2-13-1-3(14-4)5(15)16/h1-2H,(H,15,16). The molecule has 0 aliphatic heterocycles. The number of rotatable bonds is 2. The van der Waals surface area contributed by atoms with Crippen molar-refractivity contribution >= 4 is 5.97 Å². The molecule has 1 heterocycles. The maximum atomic E-state index is 12.7. The topological polar surface area (TPSA) is 63.1 Å². The lowest BCUT2D eigenvalue weighted by Crippen LogP contribution is -2.35. The van der Waals surface area contributed by atoms with E-state index in [-0.39, 0.29) is 6.20 Å². The largest absolute Gasteiger partial charge is 0.476 e. The fraction of sp³-hybridized carbons (Fsp3) is 0.286. The lowest BCUT2D eigenvalue weighted by atomic mass is 10.2. The van der Waals surface area contributed by atoms with Gasteiger partial charge in [0, 0.05) is 0 Å². The normalized spacial score (nSPS) is 12.6. The molecule has 0 atom stereocenters. The summed E-state index contributed by atoms with van der Waals surface area (Å²) in [6.07, 6.45) is -5.11. The van der Waals surface area contributed by atoms with Gasteiger partial charge in [-0.15, -0.1) is 0 Å². The Hall–Kier alpha value is -1.80. The molecule has 4 nitrogen and oxygen atoms in total. The van der Waals surface area contributed by atoms with E-state index >= 15 is 0 Å². The van der Waals surface area contributed by atoms with Crippen LogP contribution in [0, 0.1) is 0 Å². The van der Waals surface area contributed by atoms with Crippen LogP contribution in [0.3, 0.4) is 0 Å². The van der Waals surface area contributed by atoms with E-state index in [0.29, 0.717) is 6.20 Å². The zero-order valence-electron chi connectivity index (χ0n) is 7.29. The van der Waals surface area contributed by atoms with Gasteiger partial charge in [0.05, 0.1) is 12.4 Å². The zero-order chi connectivity index (χ0) is 12.6. The van der Waals surface area contributed by atoms with Crippen LogP contribution in [0.2, 0.25) is 0 Å². The van der Waals surface area contributed by atoms with Gasteiger partial charge in [0.1, 0.15) is 5.69 Å². The average molecular weight is 242 g/mol. The highest BCUT2D eigenvalue weighted by atomic mass is 19.4. The van der Waals surface area contributed by atoms with E-state index in [1.807, 2.05) is 0 Å². The number of aromatic carboxylic acids is 1. The van der Waals surface area contributed by atoms with Crippen LogP contribution in [-0.4, -0.2) is 27.2 Å². The quantitative estimate of drug-likeness (QED) is 0.803. The monoisotopic (exact) mass is 242 g/mol. The minimum atomic E-state index is -5.85. The molecule has 16 heavy (non-hydrogen) atoms. The van der Waals surface area contributed by atoms with Crippen molar-refractivity contribution in [3.63, 3.8) is 0 Å². The molecular weight excluding hydrogens is 239 g/mol. The first-order valence-electron chi connectivity index (χ1n) is 3.66. The minimum absolute atomic E-state index is 0.167. The molecule has 1 N–H and O–H groups in total. The molecule has 0 radical (unpaired) electrons. The van der Waals surface area contributed by atoms with Crippen LogP contribution in [-0.2, 0) is 5.92 Å². The second-order valence-electron chi connectivity index (χ2n) is 2.67. The van der Waals surface area contributed by atoms with Gasteiger partial charge in [0.2, 0.25) is 0 Å². The Morgan fingerprint density at radius 3 is 2.19 bits per heavy atom. The predicted molar refractivity (Wildman–Crippen MR) is 38.9 cm³/mol. The SMILES string of the molecule is O=C(O)c1cncc(C(F)(F)C(F)(F)F)n1. The fourth-order valence-electron chi connectivity index (χ4n) is 0.766. The highest BCUT2D eigenvalue weighted by Gasteiger charge is 2.60. The number of carbonyl (C=O) groups is 1. The lowest BCUT2D eigenvalue weighted by molar-refractivity contribution is -0.291. The molecule has 0 aromatic carbocycles. The number of alkyl halides is 5. The van der Waals surface area contributed by atoms with Crippen molar-refractivity contribution in [1.82, 2.24) is 9.97 Å². The van der Waals surface area contributed by atoms with Crippen molar-refractivity contribution in [1.29, 1.82) is 0 Å². The third-order valence-electron chi connectivity index (χ3n) is 1.53. The Bertz CT molecular complexity index is 417. The third kappa shape index (κ3) is 2.07. The Balaban J connectivity index is 3.24. The van der Waals surface area contributed by atoms with Gasteiger partial charge in [0.25, 0.3) is 0 Å². The van der Waals surface area contributed by atoms with Crippen molar-refractivity contribution in [3.8, 4) is 0 Å². The number of nitrogens with zero attached hydrogens (tertiary/aromatic N) is 2. The van der Waals surface area contributed by atoms with E-state index in [9.17, 15) is 26.7 Å². The summed E-state index contributed by atoms with van der Waals surface area (Å²) >= 11 is 0. The zero-order valence-corrected chi connectivity index (χ0v) is 7.29. The highest BCUT2D eigenvalue weighted by molar-refractivity contribution is 5.84. The van der Waals surface area contributed by atoms with Gasteiger partial charge in [-0.1, -0.05) is 0 Å². The molecular formula is C7H3F5N2O2. The van der Waals surface area contributed by atoms with E-state index in [1.165, 1.54) is 0 Å². The molecule has 0 amide bonds. The highest BCUT2D eigenvalue weighted by Crippen LogP contribution is 2.42. The lowest BCUT2D eigenvalue weighted by Gasteiger charge is -2.18. The van der Waals surface area contributed by atoms with Crippen LogP contribution in [0.5, 0.6) is 0 Å². The summed E-state index contributed by atoms with van der Waals surface area (Å²) in [4.78, 5) is 15.9. The van der Waals surface area contributed by atoms with Gasteiger partial charge in [-0.05, 0) is 0 Å². The van der Waals surface area contributed by atoms with E-state index in [2.05, 4.69) is 9.97 Å². The van der Waals surface area contributed by atoms with Crippen molar-refractivity contribution in [2.45, 2.75) is 12.1 Å². The molecule has 9 heteroatoms. The summed E-state index contributed by atoms with van der Waals surface area (Å²) in [5, 5.41) is 8.35. The van der Waals surface area contributed by atoms with Crippen LogP contribution >= 0.6 is 0 Å². The molecule has 1 aromatic rings. The second kappa shape index (κ2) is 3.65. The molecule has 0 aliphatic rings. The summed E-state index contributed by atoms with van der Waals surface area (Å²) in [6.45, 7) is 0. The molecule has 0 saturated carbocycles. The van der Waals surface area contributed by atoms with E-state index < -0.39 is 29.5 Å². The smallest absolute Gasteiger partial charge is 0.459 e. The summed E-state index contributed by atoms with van der Waals surface area (Å²) in [6, 6.07) is 0. The van der Waals surface area contributed by atoms with Gasteiger partial charge in [-0.3, -0.25) is 4.98 Å². The first kappa shape index (κ1) is 12.3. The third-order valence-corrected chi connectivity index (χ3v) is 1.53. The Kier molecular flexibility index (Phi) is 2.80. The van der Waals surface area contributed by atoms with Crippen LogP contribution in [0.4, 0.5) is 22.0 Å². The molecule has 1 aromatic heterocycles. The van der Waals surface area contributed by atoms with Crippen molar-refractivity contribution in [2.75, 3.05) is 0 Å². The number of hydrogen-bond donors (Lipinski definition) is 1. The van der Waals surface area contributed by atoms with E-state index in [1.54, 1.807) is 0 Å². The van der Waals surface area contributed by atoms with E-state index in [0.717, 1.165) is 0 Å². The number of aromatic nitrogens is 2. The fourth-order valence-corrected chi connectivity index (χ4v) is 0.766. The first-order valence-corrected chi connectivity index (χ1v) is 3.66. The number of carboxylic acids is 1. The van der Waals surface area contributed by atoms with Gasteiger partial charge in [0.15, 0.2) is 5.69 Å². The first-order chi connectivity index (χ1) is 7.16. The molecule has 0 fully saturated rings. The molecule has 0 spiro atoms. The van der Waals surface area contributed by atoms with Crippen molar-refractivity contribution < 1.29 is 31.9 Å². The molecule has 0 saturated heterocycles. The number of halogens is 5. The molecule has 0 unspecified atom stereocenters. The van der Waals surface area contributed by atoms with Crippen LogP contribution in [0.25, 0.3) is 0 Å². The van der Waals surface area contributed by atoms with Gasteiger partial charge < -0.3 is 5.11 Å². The molecule has 0 aliphatic carbocycles. The van der Waals surface area contributed by atoms with E-state index in [4.69, 9.17) is 5.11 Å². The number of carboxylic acid groups (broad SMARTS) is 1. The summed E-state index contributed by atoms with van der Waals surface area (Å²) in [5.41, 5.74) is -2.73. The second-order valence-corrected chi connectivity index (χ2v) is 2.67. The maximum absolute atomic E-state index is 12.7. The predicted octanol–water partition coefficient (Wildman–Crippen LogP) is 1.83. The Morgan fingerprint density at radius 1 is 1.19 bits per heavy atom. The molecule has 0 bridgehead atoms. The summed E-state index contributed by atoms with van der Waals surface area (Å²) in [5.74, 6) is -6.97. The summed E-state index contributed by atoms with van der Waals surface area (Å²) < 4.78 is 61.0. The molecule has 1 rings (SSSR count). The average Bonchev–Trinajstić information content (AvgIpc) is 2.16. The Labute approximate surface area is 84.7 Å². The molecule has 88 valence electrons. The maximum Gasteiger partial charge on any atom is 0.459 e. The van der Waals surface area contributed by atoms with Crippen LogP contribution in [0.15, 0.2) is 12.4 Å². The Morgan fingerprint density at radius 2 is 1.75 bits per heavy atom. The number of hydrogen-bond acceptors (Lipinski definition) is 3. The summed E-state index contributed by atoms with van der Waals surface area (Å²) in [7, 11) is 0. The van der Waals surface area contributed by atoms with Crippen molar-refractivity contribution in [3.05, 3.63) is 23.8 Å². The van der Waals surface area contributed by atoms with Gasteiger partial charge in [-0.2, -0.15) is 22.0 Å². The van der Waals surface area contributed by atoms with Gasteiger partial charge >= 0.3 is 18.1 Å². The minimum Gasteiger partial charge on any atom is -0.476 e.